The zero-order chi connectivity index (χ0) is 16.6. The second-order valence-electron chi connectivity index (χ2n) is 5.22. The third-order valence-corrected chi connectivity index (χ3v) is 4.45. The smallest absolute Gasteiger partial charge is 0.325 e. The minimum absolute atomic E-state index is 0.0812. The van der Waals surface area contributed by atoms with E-state index < -0.39 is 5.97 Å². The van der Waals surface area contributed by atoms with E-state index in [4.69, 9.17) is 12.2 Å². The first-order valence-corrected chi connectivity index (χ1v) is 7.19. The molecular weight excluding hydrogens is 302 g/mol. The van der Waals surface area contributed by atoms with Gasteiger partial charge in [0.05, 0.1) is 7.11 Å². The van der Waals surface area contributed by atoms with E-state index in [1.165, 1.54) is 16.9 Å². The topological polar surface area (TPSA) is 54.8 Å². The van der Waals surface area contributed by atoms with Crippen LogP contribution in [0, 0.1) is 13.8 Å². The molecule has 2 rings (SSSR count). The van der Waals surface area contributed by atoms with E-state index in [-0.39, 0.29) is 12.5 Å². The van der Waals surface area contributed by atoms with Gasteiger partial charge in [0.1, 0.15) is 12.2 Å². The van der Waals surface area contributed by atoms with E-state index in [2.05, 4.69) is 4.74 Å². The number of ether oxygens (including phenoxy) is 1. The molecule has 0 atom stereocenters. The van der Waals surface area contributed by atoms with Crippen LogP contribution in [0.1, 0.15) is 17.0 Å². The third-order valence-electron chi connectivity index (χ3n) is 3.95. The Kier molecular flexibility index (Phi) is 4.37. The van der Waals surface area contributed by atoms with Crippen LogP contribution in [0.15, 0.2) is 11.8 Å². The first-order valence-electron chi connectivity index (χ1n) is 6.79. The SMILES string of the molecule is COC(=O)CN1C(=S)N(C)C(=O)C1=Cc1cc(C)n(C)c1C. The van der Waals surface area contributed by atoms with E-state index >= 15 is 0 Å². The molecule has 7 heteroatoms. The number of thiocarbonyl (C=S) groups is 1. The predicted octanol–water partition coefficient (Wildman–Crippen LogP) is 1.21. The van der Waals surface area contributed by atoms with Crippen molar-refractivity contribution in [1.82, 2.24) is 14.4 Å². The number of methoxy groups -OCH3 is 1. The minimum atomic E-state index is -0.447. The predicted molar refractivity (Wildman–Crippen MR) is 87.0 cm³/mol. The molecule has 2 heterocycles. The van der Waals surface area contributed by atoms with E-state index in [1.807, 2.05) is 31.5 Å². The summed E-state index contributed by atoms with van der Waals surface area (Å²) < 4.78 is 6.72. The molecule has 1 saturated heterocycles. The molecule has 0 unspecified atom stereocenters. The quantitative estimate of drug-likeness (QED) is 0.476. The Morgan fingerprint density at radius 2 is 2.00 bits per heavy atom. The van der Waals surface area contributed by atoms with Crippen LogP contribution < -0.4 is 0 Å². The molecule has 1 aromatic rings. The third kappa shape index (κ3) is 2.64. The van der Waals surface area contributed by atoms with Crippen LogP contribution in [0.25, 0.3) is 6.08 Å². The van der Waals surface area contributed by atoms with Gasteiger partial charge in [-0.25, -0.2) is 0 Å². The number of esters is 1. The molecule has 1 aliphatic heterocycles. The molecule has 0 bridgehead atoms. The number of rotatable bonds is 3. The zero-order valence-corrected chi connectivity index (χ0v) is 14.2. The summed E-state index contributed by atoms with van der Waals surface area (Å²) in [5.74, 6) is -0.674. The molecule has 1 amide bonds. The van der Waals surface area contributed by atoms with Crippen LogP contribution in [0.2, 0.25) is 0 Å². The standard InChI is InChI=1S/C15H19N3O3S/c1-9-6-11(10(2)16(9)3)7-12-14(20)17(4)15(22)18(12)8-13(19)21-5/h6-7H,8H2,1-5H3. The molecule has 0 N–H and O–H groups in total. The Bertz CT molecular complexity index is 690. The number of amides is 1. The summed E-state index contributed by atoms with van der Waals surface area (Å²) in [5, 5.41) is 0.298. The normalized spacial score (nSPS) is 16.9. The van der Waals surface area contributed by atoms with Gasteiger partial charge in [-0.1, -0.05) is 0 Å². The lowest BCUT2D eigenvalue weighted by Gasteiger charge is -2.16. The fourth-order valence-electron chi connectivity index (χ4n) is 2.32. The summed E-state index contributed by atoms with van der Waals surface area (Å²) in [6.07, 6.45) is 1.77. The van der Waals surface area contributed by atoms with E-state index in [0.717, 1.165) is 17.0 Å². The second kappa shape index (κ2) is 5.92. The Labute approximate surface area is 134 Å². The van der Waals surface area contributed by atoms with Crippen molar-refractivity contribution in [2.75, 3.05) is 20.7 Å². The van der Waals surface area contributed by atoms with E-state index in [1.54, 1.807) is 13.1 Å². The Morgan fingerprint density at radius 3 is 2.50 bits per heavy atom. The largest absolute Gasteiger partial charge is 0.468 e. The lowest BCUT2D eigenvalue weighted by molar-refractivity contribution is -0.140. The molecule has 118 valence electrons. The molecular formula is C15H19N3O3S. The fraction of sp³-hybridized carbons (Fsp3) is 0.400. The number of aromatic nitrogens is 1. The van der Waals surface area contributed by atoms with Crippen LogP contribution >= 0.6 is 12.2 Å². The minimum Gasteiger partial charge on any atom is -0.468 e. The summed E-state index contributed by atoms with van der Waals surface area (Å²) in [7, 11) is 4.87. The van der Waals surface area contributed by atoms with Crippen LogP contribution in [0.5, 0.6) is 0 Å². The average Bonchev–Trinajstić information content (AvgIpc) is 2.84. The molecule has 1 fully saturated rings. The van der Waals surface area contributed by atoms with Gasteiger partial charge in [-0.05, 0) is 43.8 Å². The van der Waals surface area contributed by atoms with E-state index in [9.17, 15) is 9.59 Å². The van der Waals surface area contributed by atoms with Gasteiger partial charge in [0.25, 0.3) is 5.91 Å². The van der Waals surface area contributed by atoms with Crippen molar-refractivity contribution >= 4 is 35.3 Å². The van der Waals surface area contributed by atoms with Gasteiger partial charge in [-0.3, -0.25) is 14.5 Å². The molecule has 22 heavy (non-hydrogen) atoms. The molecule has 0 aromatic carbocycles. The highest BCUT2D eigenvalue weighted by Crippen LogP contribution is 2.24. The van der Waals surface area contributed by atoms with Gasteiger partial charge in [0, 0.05) is 25.5 Å². The lowest BCUT2D eigenvalue weighted by Crippen LogP contribution is -2.33. The van der Waals surface area contributed by atoms with Crippen molar-refractivity contribution in [2.45, 2.75) is 13.8 Å². The Balaban J connectivity index is 2.46. The number of hydrogen-bond donors (Lipinski definition) is 0. The molecule has 1 aliphatic rings. The maximum absolute atomic E-state index is 12.4. The summed E-state index contributed by atoms with van der Waals surface area (Å²) in [5.41, 5.74) is 3.43. The van der Waals surface area contributed by atoms with Gasteiger partial charge >= 0.3 is 5.97 Å². The maximum Gasteiger partial charge on any atom is 0.325 e. The summed E-state index contributed by atoms with van der Waals surface area (Å²) >= 11 is 5.24. The van der Waals surface area contributed by atoms with Gasteiger partial charge in [0.2, 0.25) is 0 Å². The zero-order valence-electron chi connectivity index (χ0n) is 13.3. The summed E-state index contributed by atoms with van der Waals surface area (Å²) in [6.45, 7) is 3.89. The van der Waals surface area contributed by atoms with Crippen molar-refractivity contribution in [3.05, 3.63) is 28.7 Å². The molecule has 0 aliphatic carbocycles. The van der Waals surface area contributed by atoms with Gasteiger partial charge in [0.15, 0.2) is 5.11 Å². The number of likely N-dealkylation sites (N-methyl/N-ethyl adjacent to an activating group) is 1. The summed E-state index contributed by atoms with van der Waals surface area (Å²) in [6, 6.07) is 1.99. The highest BCUT2D eigenvalue weighted by molar-refractivity contribution is 7.80. The van der Waals surface area contributed by atoms with Crippen molar-refractivity contribution in [3.63, 3.8) is 0 Å². The first kappa shape index (κ1) is 16.2. The molecule has 0 radical (unpaired) electrons. The van der Waals surface area contributed by atoms with Crippen LogP contribution in [0.4, 0.5) is 0 Å². The average molecular weight is 321 g/mol. The van der Waals surface area contributed by atoms with Gasteiger partial charge in [-0.2, -0.15) is 0 Å². The van der Waals surface area contributed by atoms with E-state index in [0.29, 0.717) is 10.8 Å². The van der Waals surface area contributed by atoms with Crippen LogP contribution in [-0.2, 0) is 21.4 Å². The van der Waals surface area contributed by atoms with Gasteiger partial charge in [-0.15, -0.1) is 0 Å². The van der Waals surface area contributed by atoms with Crippen molar-refractivity contribution in [2.24, 2.45) is 7.05 Å². The van der Waals surface area contributed by atoms with Gasteiger partial charge < -0.3 is 14.2 Å². The molecule has 1 aromatic heterocycles. The Hall–Kier alpha value is -2.15. The van der Waals surface area contributed by atoms with Crippen molar-refractivity contribution < 1.29 is 14.3 Å². The number of hydrogen-bond acceptors (Lipinski definition) is 4. The van der Waals surface area contributed by atoms with Crippen LogP contribution in [0.3, 0.4) is 0 Å². The summed E-state index contributed by atoms with van der Waals surface area (Å²) in [4.78, 5) is 26.8. The Morgan fingerprint density at radius 1 is 1.36 bits per heavy atom. The monoisotopic (exact) mass is 321 g/mol. The van der Waals surface area contributed by atoms with Crippen molar-refractivity contribution in [1.29, 1.82) is 0 Å². The second-order valence-corrected chi connectivity index (χ2v) is 5.59. The number of nitrogens with zero attached hydrogens (tertiary/aromatic N) is 3. The lowest BCUT2D eigenvalue weighted by atomic mass is 10.2. The maximum atomic E-state index is 12.4. The highest BCUT2D eigenvalue weighted by Gasteiger charge is 2.36. The number of carbonyl (C=O) groups is 2. The highest BCUT2D eigenvalue weighted by atomic mass is 32.1. The number of aryl methyl sites for hydroxylation is 1. The fourth-order valence-corrected chi connectivity index (χ4v) is 2.57. The van der Waals surface area contributed by atoms with Crippen molar-refractivity contribution in [3.8, 4) is 0 Å². The van der Waals surface area contributed by atoms with Crippen LogP contribution in [-0.4, -0.2) is 52.1 Å². The first-order chi connectivity index (χ1) is 10.3. The number of carbonyl (C=O) groups excluding carboxylic acids is 2. The molecule has 0 spiro atoms. The molecule has 6 nitrogen and oxygen atoms in total. The molecule has 0 saturated carbocycles.